The Balaban J connectivity index is 2.33. The monoisotopic (exact) mass is 266 g/mol. The molecule has 0 saturated carbocycles. The zero-order chi connectivity index (χ0) is 13.1. The second-order valence-corrected chi connectivity index (χ2v) is 4.23. The van der Waals surface area contributed by atoms with E-state index in [1.54, 1.807) is 6.07 Å². The normalized spacial score (nSPS) is 10.4. The van der Waals surface area contributed by atoms with Crippen molar-refractivity contribution in [3.8, 4) is 11.6 Å². The Hall–Kier alpha value is -1.68. The van der Waals surface area contributed by atoms with Gasteiger partial charge in [-0.2, -0.15) is 0 Å². The van der Waals surface area contributed by atoms with Gasteiger partial charge >= 0.3 is 0 Å². The molecule has 0 spiro atoms. The molecular formula is C13H12ClFN2O. The molecule has 0 radical (unpaired) electrons. The fraction of sp³-hybridized carbons (Fsp3) is 0.231. The molecule has 5 heteroatoms. The minimum absolute atomic E-state index is 0.0975. The smallest absolute Gasteiger partial charge is 0.256 e. The Morgan fingerprint density at radius 3 is 2.83 bits per heavy atom. The van der Waals surface area contributed by atoms with Crippen molar-refractivity contribution in [1.82, 2.24) is 9.97 Å². The maximum Gasteiger partial charge on any atom is 0.256 e. The lowest BCUT2D eigenvalue weighted by atomic mass is 10.2. The molecule has 0 fully saturated rings. The molecule has 0 amide bonds. The van der Waals surface area contributed by atoms with E-state index in [-0.39, 0.29) is 10.9 Å². The Morgan fingerprint density at radius 2 is 2.17 bits per heavy atom. The van der Waals surface area contributed by atoms with Crippen LogP contribution in [0.2, 0.25) is 5.02 Å². The van der Waals surface area contributed by atoms with E-state index in [1.807, 2.05) is 19.9 Å². The molecular weight excluding hydrogens is 255 g/mol. The molecule has 0 saturated heterocycles. The van der Waals surface area contributed by atoms with E-state index in [1.165, 1.54) is 6.20 Å². The molecule has 2 aromatic heterocycles. The third-order valence-corrected chi connectivity index (χ3v) is 2.59. The Labute approximate surface area is 110 Å². The number of hydrogen-bond donors (Lipinski definition) is 0. The van der Waals surface area contributed by atoms with Crippen molar-refractivity contribution in [2.45, 2.75) is 20.3 Å². The van der Waals surface area contributed by atoms with Crippen LogP contribution in [0.1, 0.15) is 18.3 Å². The predicted molar refractivity (Wildman–Crippen MR) is 67.6 cm³/mol. The van der Waals surface area contributed by atoms with Gasteiger partial charge in [-0.15, -0.1) is 0 Å². The first-order valence-electron chi connectivity index (χ1n) is 5.55. The Kier molecular flexibility index (Phi) is 3.77. The molecule has 2 heterocycles. The maximum absolute atomic E-state index is 13.6. The Morgan fingerprint density at radius 1 is 1.39 bits per heavy atom. The molecule has 0 atom stereocenters. The van der Waals surface area contributed by atoms with Crippen LogP contribution in [0, 0.1) is 12.7 Å². The number of nitrogens with zero attached hydrogens (tertiary/aromatic N) is 2. The van der Waals surface area contributed by atoms with E-state index in [0.29, 0.717) is 12.2 Å². The molecule has 2 rings (SSSR count). The van der Waals surface area contributed by atoms with Gasteiger partial charge in [0.1, 0.15) is 0 Å². The summed E-state index contributed by atoms with van der Waals surface area (Å²) in [6.45, 7) is 3.85. The lowest BCUT2D eigenvalue weighted by Crippen LogP contribution is -1.98. The van der Waals surface area contributed by atoms with Crippen LogP contribution in [0.5, 0.6) is 11.6 Å². The number of aromatic nitrogens is 2. The quantitative estimate of drug-likeness (QED) is 0.844. The van der Waals surface area contributed by atoms with Crippen LogP contribution in [0.25, 0.3) is 0 Å². The highest BCUT2D eigenvalue weighted by Gasteiger charge is 2.10. The number of rotatable bonds is 3. The van der Waals surface area contributed by atoms with Gasteiger partial charge in [-0.05, 0) is 31.5 Å². The van der Waals surface area contributed by atoms with E-state index >= 15 is 0 Å². The highest BCUT2D eigenvalue weighted by Crippen LogP contribution is 2.26. The molecule has 18 heavy (non-hydrogen) atoms. The summed E-state index contributed by atoms with van der Waals surface area (Å²) in [6.07, 6.45) is 2.04. The van der Waals surface area contributed by atoms with Crippen molar-refractivity contribution in [3.05, 3.63) is 46.6 Å². The molecule has 0 aliphatic heterocycles. The lowest BCUT2D eigenvalue weighted by molar-refractivity contribution is 0.416. The van der Waals surface area contributed by atoms with Crippen molar-refractivity contribution in [3.63, 3.8) is 0 Å². The predicted octanol–water partition coefficient (Wildman–Crippen LogP) is 3.93. The fourth-order valence-electron chi connectivity index (χ4n) is 1.53. The minimum Gasteiger partial charge on any atom is -0.435 e. The van der Waals surface area contributed by atoms with Crippen molar-refractivity contribution >= 4 is 11.6 Å². The molecule has 0 aliphatic rings. The van der Waals surface area contributed by atoms with Crippen LogP contribution in [0.4, 0.5) is 4.39 Å². The zero-order valence-electron chi connectivity index (χ0n) is 10.1. The third kappa shape index (κ3) is 2.76. The zero-order valence-corrected chi connectivity index (χ0v) is 10.8. The average Bonchev–Trinajstić information content (AvgIpc) is 2.34. The number of hydrogen-bond acceptors (Lipinski definition) is 3. The molecule has 3 nitrogen and oxygen atoms in total. The number of halogens is 2. The number of ether oxygens (including phenoxy) is 1. The summed E-state index contributed by atoms with van der Waals surface area (Å²) in [5.74, 6) is -0.179. The van der Waals surface area contributed by atoms with Gasteiger partial charge in [0.05, 0.1) is 10.7 Å². The van der Waals surface area contributed by atoms with Crippen molar-refractivity contribution < 1.29 is 9.13 Å². The van der Waals surface area contributed by atoms with E-state index in [2.05, 4.69) is 9.97 Å². The van der Waals surface area contributed by atoms with Crippen LogP contribution >= 0.6 is 11.6 Å². The Bertz CT molecular complexity index is 575. The van der Waals surface area contributed by atoms with Gasteiger partial charge in [0, 0.05) is 11.9 Å². The first-order valence-corrected chi connectivity index (χ1v) is 5.93. The minimum atomic E-state index is -0.592. The van der Waals surface area contributed by atoms with Crippen LogP contribution in [0.3, 0.4) is 0 Å². The first-order chi connectivity index (χ1) is 8.60. The van der Waals surface area contributed by atoms with E-state index in [4.69, 9.17) is 16.3 Å². The van der Waals surface area contributed by atoms with Crippen molar-refractivity contribution in [2.24, 2.45) is 0 Å². The molecule has 0 unspecified atom stereocenters. The summed E-state index contributed by atoms with van der Waals surface area (Å²) >= 11 is 5.63. The van der Waals surface area contributed by atoms with Gasteiger partial charge < -0.3 is 4.74 Å². The summed E-state index contributed by atoms with van der Waals surface area (Å²) in [7, 11) is 0. The van der Waals surface area contributed by atoms with Crippen molar-refractivity contribution in [2.75, 3.05) is 0 Å². The molecule has 0 aromatic carbocycles. The molecule has 2 aromatic rings. The van der Waals surface area contributed by atoms with Gasteiger partial charge in [0.15, 0.2) is 11.6 Å². The largest absolute Gasteiger partial charge is 0.435 e. The van der Waals surface area contributed by atoms with Gasteiger partial charge in [-0.25, -0.2) is 9.37 Å². The molecule has 0 bridgehead atoms. The van der Waals surface area contributed by atoms with Crippen LogP contribution in [-0.2, 0) is 6.42 Å². The highest BCUT2D eigenvalue weighted by molar-refractivity contribution is 6.30. The second-order valence-electron chi connectivity index (χ2n) is 3.79. The van der Waals surface area contributed by atoms with E-state index < -0.39 is 5.82 Å². The summed E-state index contributed by atoms with van der Waals surface area (Å²) < 4.78 is 19.0. The maximum atomic E-state index is 13.6. The summed E-state index contributed by atoms with van der Waals surface area (Å²) in [5, 5.41) is 0.234. The molecule has 94 valence electrons. The third-order valence-electron chi connectivity index (χ3n) is 2.39. The highest BCUT2D eigenvalue weighted by atomic mass is 35.5. The fourth-order valence-corrected chi connectivity index (χ4v) is 1.67. The summed E-state index contributed by atoms with van der Waals surface area (Å²) in [4.78, 5) is 8.15. The van der Waals surface area contributed by atoms with E-state index in [0.717, 1.165) is 17.5 Å². The molecule has 0 N–H and O–H groups in total. The standard InChI is InChI=1S/C13H12ClFN2O/c1-3-11-12(5-4-8(2)17-11)18-13-10(15)6-9(14)7-16-13/h4-7H,3H2,1-2H3. The van der Waals surface area contributed by atoms with E-state index in [9.17, 15) is 4.39 Å². The first kappa shape index (κ1) is 12.8. The topological polar surface area (TPSA) is 35.0 Å². The van der Waals surface area contributed by atoms with Gasteiger partial charge in [0.25, 0.3) is 5.88 Å². The van der Waals surface area contributed by atoms with Gasteiger partial charge in [0.2, 0.25) is 0 Å². The number of pyridine rings is 2. The van der Waals surface area contributed by atoms with Gasteiger partial charge in [-0.1, -0.05) is 18.5 Å². The average molecular weight is 267 g/mol. The second kappa shape index (κ2) is 5.31. The van der Waals surface area contributed by atoms with Crippen LogP contribution < -0.4 is 4.74 Å². The summed E-state index contributed by atoms with van der Waals surface area (Å²) in [6, 6.07) is 4.73. The van der Waals surface area contributed by atoms with Gasteiger partial charge in [-0.3, -0.25) is 4.98 Å². The lowest BCUT2D eigenvalue weighted by Gasteiger charge is -2.09. The van der Waals surface area contributed by atoms with Crippen LogP contribution in [0.15, 0.2) is 24.4 Å². The summed E-state index contributed by atoms with van der Waals surface area (Å²) in [5.41, 5.74) is 1.66. The molecule has 0 aliphatic carbocycles. The van der Waals surface area contributed by atoms with Crippen molar-refractivity contribution in [1.29, 1.82) is 0 Å². The van der Waals surface area contributed by atoms with Crippen LogP contribution in [-0.4, -0.2) is 9.97 Å². The SMILES string of the molecule is CCc1nc(C)ccc1Oc1ncc(Cl)cc1F. The number of aryl methyl sites for hydroxylation is 2.